The van der Waals surface area contributed by atoms with Gasteiger partial charge >= 0.3 is 0 Å². The molecule has 1 heterocycles. The van der Waals surface area contributed by atoms with Crippen molar-refractivity contribution in [1.29, 1.82) is 0 Å². The number of anilines is 1. The van der Waals surface area contributed by atoms with Crippen molar-refractivity contribution in [1.82, 2.24) is 10.2 Å². The zero-order valence-electron chi connectivity index (χ0n) is 9.11. The Morgan fingerprint density at radius 1 is 1.53 bits per heavy atom. The Kier molecular flexibility index (Phi) is 5.04. The third kappa shape index (κ3) is 5.13. The summed E-state index contributed by atoms with van der Waals surface area (Å²) >= 11 is 2.93. The number of hydrogen-bond donors (Lipinski definition) is 1. The van der Waals surface area contributed by atoms with Crippen molar-refractivity contribution >= 4 is 34.0 Å². The second kappa shape index (κ2) is 6.07. The van der Waals surface area contributed by atoms with Crippen LogP contribution in [0.1, 0.15) is 20.8 Å². The van der Waals surface area contributed by atoms with Gasteiger partial charge in [-0.2, -0.15) is 0 Å². The molecule has 1 aromatic heterocycles. The average Bonchev–Trinajstić information content (AvgIpc) is 2.59. The van der Waals surface area contributed by atoms with Crippen LogP contribution in [0.2, 0.25) is 0 Å². The van der Waals surface area contributed by atoms with E-state index < -0.39 is 0 Å². The van der Waals surface area contributed by atoms with Gasteiger partial charge in [0, 0.05) is 6.54 Å². The van der Waals surface area contributed by atoms with Crippen LogP contribution < -0.4 is 5.32 Å². The van der Waals surface area contributed by atoms with Crippen molar-refractivity contribution in [2.45, 2.75) is 25.1 Å². The van der Waals surface area contributed by atoms with Crippen LogP contribution in [-0.4, -0.2) is 28.3 Å². The molecular formula is C9H15N3OS2. The second-order valence-corrected chi connectivity index (χ2v) is 5.84. The van der Waals surface area contributed by atoms with Crippen LogP contribution in [0.3, 0.4) is 0 Å². The lowest BCUT2D eigenvalue weighted by atomic mass is 10.2. The maximum absolute atomic E-state index is 10.8. The smallest absolute Gasteiger partial charge is 0.206 e. The van der Waals surface area contributed by atoms with Gasteiger partial charge < -0.3 is 5.32 Å². The summed E-state index contributed by atoms with van der Waals surface area (Å²) in [6.45, 7) is 6.75. The minimum atomic E-state index is 0.159. The predicted octanol–water partition coefficient (Wildman–Crippen LogP) is 2.29. The molecule has 4 nitrogen and oxygen atoms in total. The molecule has 0 amide bonds. The van der Waals surface area contributed by atoms with Gasteiger partial charge in [0.15, 0.2) is 4.34 Å². The van der Waals surface area contributed by atoms with Crippen LogP contribution in [0, 0.1) is 5.92 Å². The van der Waals surface area contributed by atoms with E-state index in [1.807, 2.05) is 0 Å². The van der Waals surface area contributed by atoms with Crippen LogP contribution >= 0.6 is 23.1 Å². The number of thioether (sulfide) groups is 1. The molecule has 0 radical (unpaired) electrons. The zero-order chi connectivity index (χ0) is 11.3. The first-order valence-corrected chi connectivity index (χ1v) is 6.57. The molecule has 6 heteroatoms. The molecule has 84 valence electrons. The van der Waals surface area contributed by atoms with E-state index in [0.29, 0.717) is 11.7 Å². The molecule has 0 aromatic carbocycles. The van der Waals surface area contributed by atoms with Crippen molar-refractivity contribution in [3.63, 3.8) is 0 Å². The Hall–Kier alpha value is -0.620. The van der Waals surface area contributed by atoms with Gasteiger partial charge in [-0.05, 0) is 12.8 Å². The van der Waals surface area contributed by atoms with Gasteiger partial charge in [-0.25, -0.2) is 0 Å². The molecule has 0 spiro atoms. The summed E-state index contributed by atoms with van der Waals surface area (Å²) in [5, 5.41) is 12.0. The minimum Gasteiger partial charge on any atom is -0.360 e. The van der Waals surface area contributed by atoms with Crippen LogP contribution in [0.5, 0.6) is 0 Å². The first-order valence-electron chi connectivity index (χ1n) is 4.77. The molecule has 1 aromatic rings. The first kappa shape index (κ1) is 12.4. The van der Waals surface area contributed by atoms with E-state index in [2.05, 4.69) is 29.4 Å². The summed E-state index contributed by atoms with van der Waals surface area (Å²) in [5.74, 6) is 1.22. The summed E-state index contributed by atoms with van der Waals surface area (Å²) < 4.78 is 0.844. The third-order valence-electron chi connectivity index (χ3n) is 1.47. The van der Waals surface area contributed by atoms with Crippen molar-refractivity contribution < 1.29 is 4.79 Å². The van der Waals surface area contributed by atoms with E-state index >= 15 is 0 Å². The lowest BCUT2D eigenvalue weighted by molar-refractivity contribution is -0.114. The minimum absolute atomic E-state index is 0.159. The van der Waals surface area contributed by atoms with E-state index in [1.54, 1.807) is 6.92 Å². The number of nitrogens with one attached hydrogen (secondary N) is 1. The number of carbonyl (C=O) groups excluding carboxylic acids is 1. The molecule has 1 rings (SSSR count). The SMILES string of the molecule is CC(=O)CSc1nnc(NCC(C)C)s1. The Morgan fingerprint density at radius 2 is 2.27 bits per heavy atom. The summed E-state index contributed by atoms with van der Waals surface area (Å²) in [6, 6.07) is 0. The van der Waals surface area contributed by atoms with Crippen LogP contribution in [0.25, 0.3) is 0 Å². The van der Waals surface area contributed by atoms with Crippen molar-refractivity contribution in [2.24, 2.45) is 5.92 Å². The average molecular weight is 245 g/mol. The maximum Gasteiger partial charge on any atom is 0.206 e. The molecule has 15 heavy (non-hydrogen) atoms. The third-order valence-corrected chi connectivity index (χ3v) is 3.63. The molecule has 0 saturated heterocycles. The summed E-state index contributed by atoms with van der Waals surface area (Å²) in [7, 11) is 0. The maximum atomic E-state index is 10.8. The van der Waals surface area contributed by atoms with E-state index in [-0.39, 0.29) is 5.78 Å². The number of hydrogen-bond acceptors (Lipinski definition) is 6. The van der Waals surface area contributed by atoms with Crippen molar-refractivity contribution in [2.75, 3.05) is 17.6 Å². The highest BCUT2D eigenvalue weighted by Gasteiger charge is 2.05. The summed E-state index contributed by atoms with van der Waals surface area (Å²) in [6.07, 6.45) is 0. The van der Waals surface area contributed by atoms with Crippen LogP contribution in [0.15, 0.2) is 4.34 Å². The van der Waals surface area contributed by atoms with E-state index in [0.717, 1.165) is 16.0 Å². The molecule has 0 bridgehead atoms. The Morgan fingerprint density at radius 3 is 2.87 bits per heavy atom. The molecule has 0 aliphatic rings. The fourth-order valence-electron chi connectivity index (χ4n) is 0.794. The van der Waals surface area contributed by atoms with Gasteiger partial charge in [-0.3, -0.25) is 4.79 Å². The number of Topliss-reactive ketones (excluding diaryl/α,β-unsaturated/α-hetero) is 1. The van der Waals surface area contributed by atoms with Gasteiger partial charge in [0.1, 0.15) is 5.78 Å². The lowest BCUT2D eigenvalue weighted by Gasteiger charge is -2.03. The zero-order valence-corrected chi connectivity index (χ0v) is 10.7. The fraction of sp³-hybridized carbons (Fsp3) is 0.667. The Bertz CT molecular complexity index is 325. The second-order valence-electron chi connectivity index (χ2n) is 3.64. The normalized spacial score (nSPS) is 10.7. The van der Waals surface area contributed by atoms with Crippen molar-refractivity contribution in [3.8, 4) is 0 Å². The van der Waals surface area contributed by atoms with Crippen molar-refractivity contribution in [3.05, 3.63) is 0 Å². The van der Waals surface area contributed by atoms with E-state index in [4.69, 9.17) is 0 Å². The van der Waals surface area contributed by atoms with Crippen LogP contribution in [0.4, 0.5) is 5.13 Å². The topological polar surface area (TPSA) is 54.9 Å². The Labute approximate surface area is 97.9 Å². The molecule has 0 atom stereocenters. The quantitative estimate of drug-likeness (QED) is 0.779. The first-order chi connectivity index (χ1) is 7.08. The van der Waals surface area contributed by atoms with Gasteiger partial charge in [0.25, 0.3) is 0 Å². The number of aromatic nitrogens is 2. The summed E-state index contributed by atoms with van der Waals surface area (Å²) in [5.41, 5.74) is 0. The van der Waals surface area contributed by atoms with Gasteiger partial charge in [-0.15, -0.1) is 10.2 Å². The predicted molar refractivity (Wildman–Crippen MR) is 64.6 cm³/mol. The van der Waals surface area contributed by atoms with Gasteiger partial charge in [0.2, 0.25) is 5.13 Å². The van der Waals surface area contributed by atoms with Gasteiger partial charge in [0.05, 0.1) is 5.75 Å². The highest BCUT2D eigenvalue weighted by atomic mass is 32.2. The molecule has 0 unspecified atom stereocenters. The highest BCUT2D eigenvalue weighted by Crippen LogP contribution is 2.25. The molecule has 1 N–H and O–H groups in total. The monoisotopic (exact) mass is 245 g/mol. The highest BCUT2D eigenvalue weighted by molar-refractivity contribution is 8.01. The number of nitrogens with zero attached hydrogens (tertiary/aromatic N) is 2. The number of ketones is 1. The number of rotatable bonds is 6. The van der Waals surface area contributed by atoms with E-state index in [1.165, 1.54) is 23.1 Å². The lowest BCUT2D eigenvalue weighted by Crippen LogP contribution is -2.07. The largest absolute Gasteiger partial charge is 0.360 e. The molecular weight excluding hydrogens is 230 g/mol. The summed E-state index contributed by atoms with van der Waals surface area (Å²) in [4.78, 5) is 10.8. The Balaban J connectivity index is 2.38. The molecule has 0 saturated carbocycles. The molecule has 0 fully saturated rings. The fourth-order valence-corrected chi connectivity index (χ4v) is 2.35. The molecule has 0 aliphatic carbocycles. The molecule has 0 aliphatic heterocycles. The van der Waals surface area contributed by atoms with Crippen LogP contribution in [-0.2, 0) is 4.79 Å². The van der Waals surface area contributed by atoms with Gasteiger partial charge in [-0.1, -0.05) is 36.9 Å². The van der Waals surface area contributed by atoms with E-state index in [9.17, 15) is 4.79 Å². The number of carbonyl (C=O) groups is 1. The standard InChI is InChI=1S/C9H15N3OS2/c1-6(2)4-10-8-11-12-9(15-8)14-5-7(3)13/h6H,4-5H2,1-3H3,(H,10,11).